The van der Waals surface area contributed by atoms with Gasteiger partial charge in [0, 0.05) is 0 Å². The van der Waals surface area contributed by atoms with Crippen LogP contribution in [0.3, 0.4) is 0 Å². The van der Waals surface area contributed by atoms with E-state index in [1.54, 1.807) is 0 Å². The largest absolute Gasteiger partial charge is 0.381 e. The number of hydrogen-bond donors (Lipinski definition) is 1. The van der Waals surface area contributed by atoms with Gasteiger partial charge in [0.05, 0.1) is 0 Å². The van der Waals surface area contributed by atoms with Gasteiger partial charge in [-0.05, 0) is 55.5 Å². The second-order valence-electron chi connectivity index (χ2n) is 5.19. The van der Waals surface area contributed by atoms with Crippen LogP contribution in [0.4, 0.5) is 0 Å². The molecule has 1 N–H and O–H groups in total. The summed E-state index contributed by atoms with van der Waals surface area (Å²) in [7, 11) is 0. The van der Waals surface area contributed by atoms with Crippen LogP contribution in [0.5, 0.6) is 0 Å². The number of aryl methyl sites for hydroxylation is 3. The molecule has 0 saturated carbocycles. The first-order chi connectivity index (χ1) is 8.43. The van der Waals surface area contributed by atoms with Crippen molar-refractivity contribution >= 4 is 0 Å². The summed E-state index contributed by atoms with van der Waals surface area (Å²) in [5.41, 5.74) is 4.54. The Bertz CT molecular complexity index is 568. The van der Waals surface area contributed by atoms with Crippen molar-refractivity contribution in [1.29, 1.82) is 0 Å². The summed E-state index contributed by atoms with van der Waals surface area (Å²) in [6.45, 7) is 8.05. The Hall–Kier alpha value is -1.60. The Morgan fingerprint density at radius 1 is 0.833 bits per heavy atom. The Kier molecular flexibility index (Phi) is 3.27. The summed E-state index contributed by atoms with van der Waals surface area (Å²) in [5.74, 6) is 0. The van der Waals surface area contributed by atoms with Crippen LogP contribution in [0.25, 0.3) is 0 Å². The van der Waals surface area contributed by atoms with Gasteiger partial charge in [-0.15, -0.1) is 0 Å². The van der Waals surface area contributed by atoms with Crippen LogP contribution in [-0.2, 0) is 5.60 Å². The van der Waals surface area contributed by atoms with Crippen molar-refractivity contribution in [2.45, 2.75) is 33.3 Å². The highest BCUT2D eigenvalue weighted by molar-refractivity contribution is 5.42. The highest BCUT2D eigenvalue weighted by Crippen LogP contribution is 2.32. The summed E-state index contributed by atoms with van der Waals surface area (Å²) in [6.07, 6.45) is 0. The molecule has 0 bridgehead atoms. The minimum Gasteiger partial charge on any atom is -0.381 e. The van der Waals surface area contributed by atoms with Crippen LogP contribution in [0.1, 0.15) is 34.7 Å². The number of rotatable bonds is 2. The monoisotopic (exact) mass is 240 g/mol. The summed E-state index contributed by atoms with van der Waals surface area (Å²) in [6, 6.07) is 14.1. The molecule has 1 atom stereocenters. The zero-order valence-electron chi connectivity index (χ0n) is 11.5. The molecule has 94 valence electrons. The molecule has 0 aliphatic heterocycles. The molecule has 0 aliphatic carbocycles. The molecule has 0 saturated heterocycles. The van der Waals surface area contributed by atoms with Crippen molar-refractivity contribution < 1.29 is 5.11 Å². The molecule has 2 aromatic rings. The van der Waals surface area contributed by atoms with E-state index < -0.39 is 5.60 Å². The van der Waals surface area contributed by atoms with Crippen LogP contribution in [0.2, 0.25) is 0 Å². The Morgan fingerprint density at radius 3 is 2.11 bits per heavy atom. The molecule has 1 nitrogen and oxygen atoms in total. The molecule has 2 rings (SSSR count). The minimum atomic E-state index is -0.941. The number of benzene rings is 2. The molecule has 0 amide bonds. The average Bonchev–Trinajstić information content (AvgIpc) is 2.33. The topological polar surface area (TPSA) is 20.2 Å². The standard InChI is InChI=1S/C17H20O/c1-12-9-10-15(11-14(12)3)17(4,18)16-8-6-5-7-13(16)2/h5-11,18H,1-4H3. The van der Waals surface area contributed by atoms with Crippen molar-refractivity contribution in [1.82, 2.24) is 0 Å². The van der Waals surface area contributed by atoms with E-state index in [-0.39, 0.29) is 0 Å². The first-order valence-corrected chi connectivity index (χ1v) is 6.29. The molecule has 1 unspecified atom stereocenters. The van der Waals surface area contributed by atoms with Crippen molar-refractivity contribution in [3.8, 4) is 0 Å². The van der Waals surface area contributed by atoms with Gasteiger partial charge in [-0.1, -0.05) is 42.5 Å². The van der Waals surface area contributed by atoms with E-state index in [4.69, 9.17) is 0 Å². The first-order valence-electron chi connectivity index (χ1n) is 6.29. The highest BCUT2D eigenvalue weighted by atomic mass is 16.3. The fourth-order valence-corrected chi connectivity index (χ4v) is 2.32. The van der Waals surface area contributed by atoms with Crippen LogP contribution >= 0.6 is 0 Å². The summed E-state index contributed by atoms with van der Waals surface area (Å²) >= 11 is 0. The van der Waals surface area contributed by atoms with Gasteiger partial charge < -0.3 is 5.11 Å². The van der Waals surface area contributed by atoms with Gasteiger partial charge >= 0.3 is 0 Å². The summed E-state index contributed by atoms with van der Waals surface area (Å²) in [5, 5.41) is 10.9. The SMILES string of the molecule is Cc1ccc(C(C)(O)c2ccccc2C)cc1C. The van der Waals surface area contributed by atoms with Crippen LogP contribution in [0.15, 0.2) is 42.5 Å². The van der Waals surface area contributed by atoms with Gasteiger partial charge in [0.15, 0.2) is 0 Å². The van der Waals surface area contributed by atoms with E-state index in [1.165, 1.54) is 11.1 Å². The molecule has 0 radical (unpaired) electrons. The molecular weight excluding hydrogens is 220 g/mol. The van der Waals surface area contributed by atoms with Gasteiger partial charge in [0.25, 0.3) is 0 Å². The normalized spacial score (nSPS) is 14.3. The molecule has 2 aromatic carbocycles. The lowest BCUT2D eigenvalue weighted by Crippen LogP contribution is -2.24. The molecule has 0 aliphatic rings. The highest BCUT2D eigenvalue weighted by Gasteiger charge is 2.27. The molecule has 1 heteroatoms. The quantitative estimate of drug-likeness (QED) is 0.845. The van der Waals surface area contributed by atoms with Crippen molar-refractivity contribution in [3.63, 3.8) is 0 Å². The fraction of sp³-hybridized carbons (Fsp3) is 0.294. The Labute approximate surface area is 109 Å². The van der Waals surface area contributed by atoms with Gasteiger partial charge in [0.1, 0.15) is 5.60 Å². The third-order valence-electron chi connectivity index (χ3n) is 3.74. The zero-order valence-corrected chi connectivity index (χ0v) is 11.5. The lowest BCUT2D eigenvalue weighted by atomic mass is 9.84. The Morgan fingerprint density at radius 2 is 1.50 bits per heavy atom. The van der Waals surface area contributed by atoms with Gasteiger partial charge in [0.2, 0.25) is 0 Å². The maximum Gasteiger partial charge on any atom is 0.112 e. The van der Waals surface area contributed by atoms with E-state index in [1.807, 2.05) is 44.2 Å². The van der Waals surface area contributed by atoms with Crippen molar-refractivity contribution in [3.05, 3.63) is 70.3 Å². The van der Waals surface area contributed by atoms with Crippen molar-refractivity contribution in [2.75, 3.05) is 0 Å². The lowest BCUT2D eigenvalue weighted by molar-refractivity contribution is 0.101. The predicted molar refractivity (Wildman–Crippen MR) is 75.8 cm³/mol. The second-order valence-corrected chi connectivity index (χ2v) is 5.19. The predicted octanol–water partition coefficient (Wildman–Crippen LogP) is 3.87. The van der Waals surface area contributed by atoms with Crippen LogP contribution in [-0.4, -0.2) is 5.11 Å². The van der Waals surface area contributed by atoms with Gasteiger partial charge in [-0.2, -0.15) is 0 Å². The number of hydrogen-bond acceptors (Lipinski definition) is 1. The Balaban J connectivity index is 2.54. The average molecular weight is 240 g/mol. The second kappa shape index (κ2) is 4.58. The molecule has 0 spiro atoms. The molecular formula is C17H20O. The van der Waals surface area contributed by atoms with E-state index in [2.05, 4.69) is 26.0 Å². The van der Waals surface area contributed by atoms with Crippen molar-refractivity contribution in [2.24, 2.45) is 0 Å². The summed E-state index contributed by atoms with van der Waals surface area (Å²) in [4.78, 5) is 0. The summed E-state index contributed by atoms with van der Waals surface area (Å²) < 4.78 is 0. The molecule has 0 heterocycles. The van der Waals surface area contributed by atoms with Gasteiger partial charge in [-0.3, -0.25) is 0 Å². The maximum absolute atomic E-state index is 10.9. The molecule has 0 fully saturated rings. The maximum atomic E-state index is 10.9. The van der Waals surface area contributed by atoms with E-state index >= 15 is 0 Å². The fourth-order valence-electron chi connectivity index (χ4n) is 2.32. The van der Waals surface area contributed by atoms with Crippen LogP contribution < -0.4 is 0 Å². The van der Waals surface area contributed by atoms with Crippen LogP contribution in [0, 0.1) is 20.8 Å². The molecule has 18 heavy (non-hydrogen) atoms. The number of aliphatic hydroxyl groups is 1. The third kappa shape index (κ3) is 2.19. The molecule has 0 aromatic heterocycles. The zero-order chi connectivity index (χ0) is 13.3. The minimum absolute atomic E-state index is 0.941. The first kappa shape index (κ1) is 12.8. The van der Waals surface area contributed by atoms with E-state index in [0.717, 1.165) is 16.7 Å². The third-order valence-corrected chi connectivity index (χ3v) is 3.74. The smallest absolute Gasteiger partial charge is 0.112 e. The van der Waals surface area contributed by atoms with E-state index in [0.29, 0.717) is 0 Å². The van der Waals surface area contributed by atoms with Gasteiger partial charge in [-0.25, -0.2) is 0 Å². The van der Waals surface area contributed by atoms with E-state index in [9.17, 15) is 5.11 Å². The lowest BCUT2D eigenvalue weighted by Gasteiger charge is -2.27.